The van der Waals surface area contributed by atoms with E-state index in [0.29, 0.717) is 31.1 Å². The highest BCUT2D eigenvalue weighted by Gasteiger charge is 2.48. The lowest BCUT2D eigenvalue weighted by Gasteiger charge is -2.38. The van der Waals surface area contributed by atoms with Crippen molar-refractivity contribution >= 4 is 17.7 Å². The molecule has 2 aromatic carbocycles. The van der Waals surface area contributed by atoms with Crippen LogP contribution in [0.25, 0.3) is 0 Å². The van der Waals surface area contributed by atoms with Gasteiger partial charge < -0.3 is 14.5 Å². The third-order valence-electron chi connectivity index (χ3n) is 9.19. The normalized spacial score (nSPS) is 28.6. The molecule has 0 radical (unpaired) electrons. The van der Waals surface area contributed by atoms with Crippen LogP contribution in [-0.4, -0.2) is 59.8 Å². The van der Waals surface area contributed by atoms with Crippen LogP contribution in [0.2, 0.25) is 0 Å². The van der Waals surface area contributed by atoms with Crippen molar-refractivity contribution in [3.05, 3.63) is 64.7 Å². The minimum absolute atomic E-state index is 0.00828. The molecule has 3 fully saturated rings. The van der Waals surface area contributed by atoms with Crippen molar-refractivity contribution in [3.63, 3.8) is 0 Å². The molecule has 1 aliphatic carbocycles. The van der Waals surface area contributed by atoms with Gasteiger partial charge in [0.05, 0.1) is 13.2 Å². The van der Waals surface area contributed by atoms with Crippen LogP contribution in [0.1, 0.15) is 65.1 Å². The van der Waals surface area contributed by atoms with Gasteiger partial charge in [-0.2, -0.15) is 0 Å². The summed E-state index contributed by atoms with van der Waals surface area (Å²) < 4.78 is 6.31. The number of imide groups is 1. The predicted molar refractivity (Wildman–Crippen MR) is 133 cm³/mol. The van der Waals surface area contributed by atoms with Crippen molar-refractivity contribution in [2.75, 3.05) is 26.2 Å². The zero-order valence-electron chi connectivity index (χ0n) is 20.4. The Morgan fingerprint density at radius 2 is 1.83 bits per heavy atom. The van der Waals surface area contributed by atoms with Gasteiger partial charge in [0.1, 0.15) is 11.8 Å². The summed E-state index contributed by atoms with van der Waals surface area (Å²) in [4.78, 5) is 41.4. The Morgan fingerprint density at radius 1 is 1.03 bits per heavy atom. The molecule has 3 atom stereocenters. The van der Waals surface area contributed by atoms with Crippen molar-refractivity contribution in [2.45, 2.75) is 56.0 Å². The summed E-state index contributed by atoms with van der Waals surface area (Å²) in [5.41, 5.74) is 4.25. The minimum Gasteiger partial charge on any atom is -0.492 e. The standard InChI is InChI=1S/C29H31N3O4/c33-25-9-8-24(27(34)30-25)32-16-22-20(28(32)35)6-7-23-26(22)36-17-29(23)10-12-31(13-11-29)15-19-14-21(19)18-4-2-1-3-5-18/h1-7,19,21,24H,8-17H2,(H,30,33,34)/t19-,21-,24?/m1/s1. The number of hydrogen-bond acceptors (Lipinski definition) is 5. The number of likely N-dealkylation sites (tertiary alicyclic amines) is 1. The van der Waals surface area contributed by atoms with Crippen LogP contribution in [0, 0.1) is 5.92 Å². The Hall–Kier alpha value is -3.19. The Labute approximate surface area is 210 Å². The number of nitrogens with one attached hydrogen (secondary N) is 1. The van der Waals surface area contributed by atoms with E-state index in [1.807, 2.05) is 6.07 Å². The van der Waals surface area contributed by atoms with Crippen LogP contribution < -0.4 is 10.1 Å². The topological polar surface area (TPSA) is 79.0 Å². The van der Waals surface area contributed by atoms with Crippen molar-refractivity contribution in [3.8, 4) is 5.75 Å². The van der Waals surface area contributed by atoms with Crippen LogP contribution in [0.5, 0.6) is 5.75 Å². The van der Waals surface area contributed by atoms with Crippen LogP contribution in [0.3, 0.4) is 0 Å². The fraction of sp³-hybridized carbons (Fsp3) is 0.483. The number of nitrogens with zero attached hydrogens (tertiary/aromatic N) is 2. The lowest BCUT2D eigenvalue weighted by molar-refractivity contribution is -0.136. The van der Waals surface area contributed by atoms with Crippen LogP contribution in [0.15, 0.2) is 42.5 Å². The van der Waals surface area contributed by atoms with Gasteiger partial charge in [0.2, 0.25) is 11.8 Å². The number of piperidine rings is 2. The smallest absolute Gasteiger partial charge is 0.255 e. The zero-order valence-corrected chi connectivity index (χ0v) is 20.4. The highest BCUT2D eigenvalue weighted by Crippen LogP contribution is 2.51. The van der Waals surface area contributed by atoms with Crippen molar-refractivity contribution in [1.29, 1.82) is 0 Å². The first-order valence-electron chi connectivity index (χ1n) is 13.2. The maximum Gasteiger partial charge on any atom is 0.255 e. The molecule has 1 spiro atoms. The Bertz CT molecular complexity index is 1250. The zero-order chi connectivity index (χ0) is 24.4. The number of carbonyl (C=O) groups excluding carboxylic acids is 3. The number of rotatable bonds is 4. The molecule has 2 aromatic rings. The number of fused-ring (bicyclic) bond motifs is 4. The van der Waals surface area contributed by atoms with E-state index in [9.17, 15) is 14.4 Å². The predicted octanol–water partition coefficient (Wildman–Crippen LogP) is 2.98. The summed E-state index contributed by atoms with van der Waals surface area (Å²) >= 11 is 0. The molecule has 36 heavy (non-hydrogen) atoms. The van der Waals surface area contributed by atoms with Crippen LogP contribution in [0.4, 0.5) is 0 Å². The van der Waals surface area contributed by atoms with E-state index in [1.54, 1.807) is 4.90 Å². The fourth-order valence-electron chi connectivity index (χ4n) is 6.95. The number of ether oxygens (including phenoxy) is 1. The van der Waals surface area contributed by atoms with E-state index in [1.165, 1.54) is 24.1 Å². The first-order valence-corrected chi connectivity index (χ1v) is 13.2. The lowest BCUT2D eigenvalue weighted by Crippen LogP contribution is -2.52. The van der Waals surface area contributed by atoms with E-state index < -0.39 is 6.04 Å². The van der Waals surface area contributed by atoms with E-state index >= 15 is 0 Å². The molecule has 7 nitrogen and oxygen atoms in total. The van der Waals surface area contributed by atoms with E-state index in [4.69, 9.17) is 4.74 Å². The van der Waals surface area contributed by atoms with Crippen molar-refractivity contribution in [2.24, 2.45) is 5.92 Å². The molecule has 4 heterocycles. The molecular weight excluding hydrogens is 454 g/mol. The maximum absolute atomic E-state index is 13.2. The van der Waals surface area contributed by atoms with Crippen LogP contribution >= 0.6 is 0 Å². The molecule has 4 aliphatic heterocycles. The molecule has 7 rings (SSSR count). The lowest BCUT2D eigenvalue weighted by atomic mass is 9.74. The highest BCUT2D eigenvalue weighted by atomic mass is 16.5. The molecule has 0 bridgehead atoms. The quantitative estimate of drug-likeness (QED) is 0.674. The number of carbonyl (C=O) groups is 3. The molecule has 5 aliphatic rings. The van der Waals surface area contributed by atoms with E-state index in [2.05, 4.69) is 46.6 Å². The van der Waals surface area contributed by atoms with Crippen molar-refractivity contribution < 1.29 is 19.1 Å². The first kappa shape index (κ1) is 22.0. The summed E-state index contributed by atoms with van der Waals surface area (Å²) in [6, 6.07) is 14.3. The maximum atomic E-state index is 13.2. The second-order valence-electron chi connectivity index (χ2n) is 11.3. The van der Waals surface area contributed by atoms with Gasteiger partial charge in [-0.15, -0.1) is 0 Å². The van der Waals surface area contributed by atoms with Gasteiger partial charge in [-0.1, -0.05) is 36.4 Å². The highest BCUT2D eigenvalue weighted by molar-refractivity contribution is 6.05. The second kappa shape index (κ2) is 8.17. The Kier molecular flexibility index (Phi) is 5.00. The minimum atomic E-state index is -0.598. The Balaban J connectivity index is 1.04. The van der Waals surface area contributed by atoms with Gasteiger partial charge in [0, 0.05) is 35.1 Å². The summed E-state index contributed by atoms with van der Waals surface area (Å²) in [7, 11) is 0. The molecule has 0 aromatic heterocycles. The van der Waals surface area contributed by atoms with Gasteiger partial charge in [-0.25, -0.2) is 0 Å². The average Bonchev–Trinajstić information content (AvgIpc) is 3.46. The SMILES string of the molecule is O=C1CCC(N2Cc3c(ccc4c3OCC43CCN(C[C@H]4C[C@@H]4c4ccccc4)CC3)C2=O)C(=O)N1. The van der Waals surface area contributed by atoms with Gasteiger partial charge >= 0.3 is 0 Å². The molecule has 1 unspecified atom stereocenters. The van der Waals surface area contributed by atoms with Gasteiger partial charge in [-0.3, -0.25) is 19.7 Å². The molecule has 3 amide bonds. The summed E-state index contributed by atoms with van der Waals surface area (Å²) in [6.07, 6.45) is 4.05. The molecule has 2 saturated heterocycles. The largest absolute Gasteiger partial charge is 0.492 e. The second-order valence-corrected chi connectivity index (χ2v) is 11.3. The number of hydrogen-bond donors (Lipinski definition) is 1. The van der Waals surface area contributed by atoms with E-state index in [0.717, 1.165) is 43.2 Å². The molecule has 1 saturated carbocycles. The summed E-state index contributed by atoms with van der Waals surface area (Å²) in [6.45, 7) is 4.34. The summed E-state index contributed by atoms with van der Waals surface area (Å²) in [5.74, 6) is 1.55. The monoisotopic (exact) mass is 485 g/mol. The third kappa shape index (κ3) is 3.47. The Morgan fingerprint density at radius 3 is 2.61 bits per heavy atom. The fourth-order valence-corrected chi connectivity index (χ4v) is 6.95. The number of amides is 3. The molecule has 7 heteroatoms. The molecule has 1 N–H and O–H groups in total. The summed E-state index contributed by atoms with van der Waals surface area (Å²) in [5, 5.41) is 2.38. The van der Waals surface area contributed by atoms with Crippen LogP contribution in [-0.2, 0) is 21.5 Å². The van der Waals surface area contributed by atoms with Gasteiger partial charge in [0.15, 0.2) is 0 Å². The van der Waals surface area contributed by atoms with Gasteiger partial charge in [0.25, 0.3) is 5.91 Å². The van der Waals surface area contributed by atoms with Crippen molar-refractivity contribution in [1.82, 2.24) is 15.1 Å². The average molecular weight is 486 g/mol. The van der Waals surface area contributed by atoms with E-state index in [-0.39, 0.29) is 29.6 Å². The third-order valence-corrected chi connectivity index (χ3v) is 9.19. The number of benzene rings is 2. The molecule has 186 valence electrons. The first-order chi connectivity index (χ1) is 17.5. The molecular formula is C29H31N3O4. The van der Waals surface area contributed by atoms with Gasteiger partial charge in [-0.05, 0) is 62.2 Å².